The van der Waals surface area contributed by atoms with E-state index >= 15 is 0 Å². The lowest BCUT2D eigenvalue weighted by Crippen LogP contribution is -2.64. The summed E-state index contributed by atoms with van der Waals surface area (Å²) >= 11 is 10.9. The molecule has 0 saturated carbocycles. The predicted octanol–water partition coefficient (Wildman–Crippen LogP) is 1.02. The molecule has 0 aromatic heterocycles. The quantitative estimate of drug-likeness (QED) is 0.654. The zero-order chi connectivity index (χ0) is 14.2. The van der Waals surface area contributed by atoms with E-state index in [9.17, 15) is 9.59 Å². The van der Waals surface area contributed by atoms with E-state index in [2.05, 4.69) is 5.32 Å². The van der Waals surface area contributed by atoms with Gasteiger partial charge in [0.05, 0.1) is 5.69 Å². The number of amides is 2. The van der Waals surface area contributed by atoms with Crippen LogP contribution in [-0.2, 0) is 9.59 Å². The summed E-state index contributed by atoms with van der Waals surface area (Å²) in [7, 11) is 3.33. The molecule has 1 unspecified atom stereocenters. The average Bonchev–Trinajstić information content (AvgIpc) is 2.30. The van der Waals surface area contributed by atoms with Gasteiger partial charge in [0.15, 0.2) is 11.2 Å². The van der Waals surface area contributed by atoms with Gasteiger partial charge in [-0.15, -0.1) is 0 Å². The molecule has 1 saturated heterocycles. The molecule has 5 nitrogen and oxygen atoms in total. The van der Waals surface area contributed by atoms with Crippen LogP contribution in [0.5, 0.6) is 0 Å². The molecule has 1 aromatic rings. The van der Waals surface area contributed by atoms with Crippen LogP contribution in [0, 0.1) is 0 Å². The van der Waals surface area contributed by atoms with Crippen LogP contribution in [0.3, 0.4) is 0 Å². The van der Waals surface area contributed by atoms with Crippen LogP contribution in [0.2, 0.25) is 5.02 Å². The second kappa shape index (κ2) is 5.24. The molecule has 1 fully saturated rings. The number of hydrogen-bond donors (Lipinski definition) is 1. The van der Waals surface area contributed by atoms with Gasteiger partial charge in [0, 0.05) is 5.02 Å². The van der Waals surface area contributed by atoms with E-state index in [0.29, 0.717) is 10.7 Å². The van der Waals surface area contributed by atoms with Crippen molar-refractivity contribution in [3.63, 3.8) is 0 Å². The minimum Gasteiger partial charge on any atom is -0.301 e. The van der Waals surface area contributed by atoms with E-state index in [1.807, 2.05) is 0 Å². The Morgan fingerprint density at radius 2 is 1.84 bits per heavy atom. The van der Waals surface area contributed by atoms with Crippen molar-refractivity contribution in [1.82, 2.24) is 10.2 Å². The van der Waals surface area contributed by atoms with Crippen molar-refractivity contribution in [2.75, 3.05) is 19.0 Å². The molecule has 100 valence electrons. The number of rotatable bonds is 2. The smallest absolute Gasteiger partial charge is 0.260 e. The number of benzene rings is 1. The molecule has 7 heteroatoms. The number of carbonyl (C=O) groups is 2. The maximum Gasteiger partial charge on any atom is 0.260 e. The van der Waals surface area contributed by atoms with Crippen LogP contribution in [0.15, 0.2) is 24.3 Å². The highest BCUT2D eigenvalue weighted by Gasteiger charge is 2.40. The van der Waals surface area contributed by atoms with Crippen LogP contribution in [-0.4, -0.2) is 42.0 Å². The molecule has 0 bridgehead atoms. The Balaban J connectivity index is 2.38. The third-order valence-corrected chi connectivity index (χ3v) is 3.27. The average molecular weight is 298 g/mol. The molecule has 19 heavy (non-hydrogen) atoms. The second-order valence-electron chi connectivity index (χ2n) is 4.31. The summed E-state index contributed by atoms with van der Waals surface area (Å²) in [6, 6.07) is 5.79. The molecule has 1 aliphatic rings. The van der Waals surface area contributed by atoms with Crippen LogP contribution in [0.4, 0.5) is 5.69 Å². The number of halogens is 1. The summed E-state index contributed by atoms with van der Waals surface area (Å²) < 4.78 is 0. The van der Waals surface area contributed by atoms with Crippen molar-refractivity contribution in [2.24, 2.45) is 0 Å². The number of hydrogen-bond acceptors (Lipinski definition) is 4. The molecule has 1 aromatic carbocycles. The molecule has 1 N–H and O–H groups in total. The first kappa shape index (κ1) is 13.9. The summed E-state index contributed by atoms with van der Waals surface area (Å²) in [6.45, 7) is 0. The van der Waals surface area contributed by atoms with Crippen LogP contribution < -0.4 is 10.2 Å². The molecular weight excluding hydrogens is 286 g/mol. The van der Waals surface area contributed by atoms with Crippen molar-refractivity contribution in [3.8, 4) is 0 Å². The topological polar surface area (TPSA) is 52.7 Å². The van der Waals surface area contributed by atoms with E-state index in [1.165, 1.54) is 4.90 Å². The molecule has 0 radical (unpaired) electrons. The van der Waals surface area contributed by atoms with Gasteiger partial charge in [0.25, 0.3) is 11.8 Å². The lowest BCUT2D eigenvalue weighted by Gasteiger charge is -2.34. The summed E-state index contributed by atoms with van der Waals surface area (Å²) in [5.74, 6) is -0.786. The highest BCUT2D eigenvalue weighted by atomic mass is 35.5. The van der Waals surface area contributed by atoms with Gasteiger partial charge in [-0.25, -0.2) is 0 Å². The first-order valence-corrected chi connectivity index (χ1v) is 6.31. The molecule has 2 rings (SSSR count). The summed E-state index contributed by atoms with van der Waals surface area (Å²) in [6.07, 6.45) is 0. The van der Waals surface area contributed by atoms with E-state index < -0.39 is 11.9 Å². The summed E-state index contributed by atoms with van der Waals surface area (Å²) in [5, 5.41) is 3.17. The fourth-order valence-corrected chi connectivity index (χ4v) is 2.28. The number of nitrogens with zero attached hydrogens (tertiary/aromatic N) is 2. The standard InChI is InChI=1S/C12H12ClN3O2S/c1-15(2)9-10(17)14-12(19)16(11(9)18)8-5-3-7(13)4-6-8/h3-6,9H,1-2H3,(H,14,17,19). The third-order valence-electron chi connectivity index (χ3n) is 2.74. The first-order valence-electron chi connectivity index (χ1n) is 5.52. The number of carbonyl (C=O) groups excluding carboxylic acids is 2. The summed E-state index contributed by atoms with van der Waals surface area (Å²) in [5.41, 5.74) is 0.575. The Bertz CT molecular complexity index is 544. The van der Waals surface area contributed by atoms with Gasteiger partial charge in [-0.3, -0.25) is 19.4 Å². The monoisotopic (exact) mass is 297 g/mol. The van der Waals surface area contributed by atoms with E-state index in [-0.39, 0.29) is 11.0 Å². The van der Waals surface area contributed by atoms with Gasteiger partial charge in [-0.05, 0) is 50.6 Å². The Morgan fingerprint density at radius 3 is 2.37 bits per heavy atom. The molecule has 1 atom stereocenters. The van der Waals surface area contributed by atoms with Gasteiger partial charge >= 0.3 is 0 Å². The lowest BCUT2D eigenvalue weighted by atomic mass is 10.1. The zero-order valence-electron chi connectivity index (χ0n) is 10.4. The lowest BCUT2D eigenvalue weighted by molar-refractivity contribution is -0.134. The Labute approximate surface area is 121 Å². The first-order chi connectivity index (χ1) is 8.91. The fourth-order valence-electron chi connectivity index (χ4n) is 1.85. The fraction of sp³-hybridized carbons (Fsp3) is 0.250. The molecule has 0 spiro atoms. The molecule has 2 amide bonds. The van der Waals surface area contributed by atoms with Gasteiger partial charge in [-0.2, -0.15) is 0 Å². The van der Waals surface area contributed by atoms with Crippen LogP contribution >= 0.6 is 23.8 Å². The van der Waals surface area contributed by atoms with Gasteiger partial charge in [-0.1, -0.05) is 11.6 Å². The van der Waals surface area contributed by atoms with Crippen molar-refractivity contribution < 1.29 is 9.59 Å². The minimum absolute atomic E-state index is 0.0791. The number of thiocarbonyl (C=S) groups is 1. The number of likely N-dealkylation sites (N-methyl/N-ethyl adjacent to an activating group) is 1. The number of nitrogens with one attached hydrogen (secondary N) is 1. The van der Waals surface area contributed by atoms with Gasteiger partial charge < -0.3 is 5.32 Å². The van der Waals surface area contributed by atoms with E-state index in [0.717, 1.165) is 0 Å². The molecule has 1 aliphatic heterocycles. The highest BCUT2D eigenvalue weighted by molar-refractivity contribution is 7.80. The molecule has 1 heterocycles. The molecular formula is C12H12ClN3O2S. The number of anilines is 1. The molecule has 0 aliphatic carbocycles. The highest BCUT2D eigenvalue weighted by Crippen LogP contribution is 2.21. The SMILES string of the molecule is CN(C)C1C(=O)NC(=S)N(c2ccc(Cl)cc2)C1=O. The maximum absolute atomic E-state index is 12.4. The summed E-state index contributed by atoms with van der Waals surface area (Å²) in [4.78, 5) is 27.0. The predicted molar refractivity (Wildman–Crippen MR) is 77.2 cm³/mol. The minimum atomic E-state index is -0.887. The zero-order valence-corrected chi connectivity index (χ0v) is 12.0. The van der Waals surface area contributed by atoms with Crippen molar-refractivity contribution in [3.05, 3.63) is 29.3 Å². The van der Waals surface area contributed by atoms with E-state index in [4.69, 9.17) is 23.8 Å². The van der Waals surface area contributed by atoms with Gasteiger partial charge in [0.1, 0.15) is 0 Å². The van der Waals surface area contributed by atoms with Crippen molar-refractivity contribution in [1.29, 1.82) is 0 Å². The third kappa shape index (κ3) is 2.60. The normalized spacial score (nSPS) is 19.9. The Hall–Kier alpha value is -1.50. The Kier molecular flexibility index (Phi) is 3.84. The second-order valence-corrected chi connectivity index (χ2v) is 5.13. The van der Waals surface area contributed by atoms with Crippen molar-refractivity contribution in [2.45, 2.75) is 6.04 Å². The van der Waals surface area contributed by atoms with Crippen LogP contribution in [0.1, 0.15) is 0 Å². The van der Waals surface area contributed by atoms with Gasteiger partial charge in [0.2, 0.25) is 0 Å². The maximum atomic E-state index is 12.4. The van der Waals surface area contributed by atoms with Crippen LogP contribution in [0.25, 0.3) is 0 Å². The van der Waals surface area contributed by atoms with Crippen molar-refractivity contribution >= 4 is 46.4 Å². The largest absolute Gasteiger partial charge is 0.301 e. The van der Waals surface area contributed by atoms with E-state index in [1.54, 1.807) is 43.3 Å². The Morgan fingerprint density at radius 1 is 1.26 bits per heavy atom.